The van der Waals surface area contributed by atoms with E-state index in [-0.39, 0.29) is 13.2 Å². The SMILES string of the molecule is CCCCCCCCCC/C=C/CCCCOC[C@H](O)[C@H]1OC[C@@H](O)[C@H]1O. The van der Waals surface area contributed by atoms with Crippen molar-refractivity contribution in [3.63, 3.8) is 0 Å². The third kappa shape index (κ3) is 11.9. The first kappa shape index (κ1) is 24.6. The third-order valence-corrected chi connectivity index (χ3v) is 5.16. The van der Waals surface area contributed by atoms with Gasteiger partial charge in [-0.15, -0.1) is 0 Å². The second-order valence-corrected chi connectivity index (χ2v) is 7.73. The average Bonchev–Trinajstić information content (AvgIpc) is 3.00. The quantitative estimate of drug-likeness (QED) is 0.262. The van der Waals surface area contributed by atoms with E-state index < -0.39 is 24.4 Å². The largest absolute Gasteiger partial charge is 0.388 e. The number of ether oxygens (including phenoxy) is 2. The fourth-order valence-electron chi connectivity index (χ4n) is 3.36. The molecule has 0 amide bonds. The normalized spacial score (nSPS) is 24.1. The van der Waals surface area contributed by atoms with Gasteiger partial charge in [-0.05, 0) is 32.1 Å². The number of hydrogen-bond donors (Lipinski definition) is 3. The lowest BCUT2D eigenvalue weighted by molar-refractivity contribution is -0.0813. The smallest absolute Gasteiger partial charge is 0.114 e. The van der Waals surface area contributed by atoms with Gasteiger partial charge in [-0.2, -0.15) is 0 Å². The highest BCUT2D eigenvalue weighted by molar-refractivity contribution is 4.87. The first-order chi connectivity index (χ1) is 13.2. The minimum Gasteiger partial charge on any atom is -0.388 e. The molecule has 0 bridgehead atoms. The maximum Gasteiger partial charge on any atom is 0.114 e. The highest BCUT2D eigenvalue weighted by Gasteiger charge is 2.39. The van der Waals surface area contributed by atoms with Gasteiger partial charge in [-0.3, -0.25) is 0 Å². The van der Waals surface area contributed by atoms with Crippen molar-refractivity contribution in [1.82, 2.24) is 0 Å². The van der Waals surface area contributed by atoms with E-state index in [0.29, 0.717) is 6.61 Å². The Bertz CT molecular complexity index is 361. The minimum absolute atomic E-state index is 0.0637. The van der Waals surface area contributed by atoms with Crippen LogP contribution in [-0.2, 0) is 9.47 Å². The summed E-state index contributed by atoms with van der Waals surface area (Å²) in [5.74, 6) is 0. The molecule has 0 aromatic rings. The van der Waals surface area contributed by atoms with E-state index in [9.17, 15) is 15.3 Å². The molecule has 4 atom stereocenters. The second-order valence-electron chi connectivity index (χ2n) is 7.73. The number of aliphatic hydroxyl groups excluding tert-OH is 3. The lowest BCUT2D eigenvalue weighted by Gasteiger charge is -2.20. The van der Waals surface area contributed by atoms with Crippen molar-refractivity contribution >= 4 is 0 Å². The minimum atomic E-state index is -1.03. The first-order valence-corrected chi connectivity index (χ1v) is 11.0. The van der Waals surface area contributed by atoms with Crippen LogP contribution in [0.2, 0.25) is 0 Å². The van der Waals surface area contributed by atoms with Crippen molar-refractivity contribution in [3.8, 4) is 0 Å². The Balaban J connectivity index is 1.82. The van der Waals surface area contributed by atoms with Gasteiger partial charge in [0, 0.05) is 6.61 Å². The summed E-state index contributed by atoms with van der Waals surface area (Å²) < 4.78 is 10.6. The standard InChI is InChI=1S/C22H42O5/c1-2-3-4-5-6-7-8-9-10-11-12-13-14-15-16-26-17-20(24)22-21(25)19(23)18-27-22/h11-12,19-25H,2-10,13-18H2,1H3/b12-11+/t19-,20+,21-,22-/m1/s1. The van der Waals surface area contributed by atoms with Gasteiger partial charge in [0.1, 0.15) is 24.4 Å². The Morgan fingerprint density at radius 3 is 2.11 bits per heavy atom. The van der Waals surface area contributed by atoms with Crippen molar-refractivity contribution in [3.05, 3.63) is 12.2 Å². The van der Waals surface area contributed by atoms with Crippen LogP contribution in [-0.4, -0.2) is 59.6 Å². The van der Waals surface area contributed by atoms with Crippen LogP contribution in [0.1, 0.15) is 84.0 Å². The molecule has 1 saturated heterocycles. The Kier molecular flexibility index (Phi) is 15.0. The maximum atomic E-state index is 9.92. The van der Waals surface area contributed by atoms with E-state index in [2.05, 4.69) is 19.1 Å². The van der Waals surface area contributed by atoms with Crippen LogP contribution in [0.4, 0.5) is 0 Å². The summed E-state index contributed by atoms with van der Waals surface area (Å²) in [6.45, 7) is 3.04. The molecule has 5 nitrogen and oxygen atoms in total. The lowest BCUT2D eigenvalue weighted by atomic mass is 10.1. The van der Waals surface area contributed by atoms with Gasteiger partial charge in [0.15, 0.2) is 0 Å². The fraction of sp³-hybridized carbons (Fsp3) is 0.909. The molecule has 0 spiro atoms. The molecule has 3 N–H and O–H groups in total. The molecule has 0 aromatic heterocycles. The average molecular weight is 387 g/mol. The number of rotatable bonds is 17. The molecule has 0 saturated carbocycles. The fourth-order valence-corrected chi connectivity index (χ4v) is 3.36. The lowest BCUT2D eigenvalue weighted by Crippen LogP contribution is -2.40. The van der Waals surface area contributed by atoms with E-state index in [1.165, 1.54) is 57.8 Å². The van der Waals surface area contributed by atoms with Crippen LogP contribution in [0.3, 0.4) is 0 Å². The molecule has 1 aliphatic heterocycles. The summed E-state index contributed by atoms with van der Waals surface area (Å²) in [4.78, 5) is 0. The highest BCUT2D eigenvalue weighted by Crippen LogP contribution is 2.18. The highest BCUT2D eigenvalue weighted by atomic mass is 16.5. The molecule has 0 aliphatic carbocycles. The molecule has 0 aromatic carbocycles. The van der Waals surface area contributed by atoms with E-state index in [1.54, 1.807) is 0 Å². The Morgan fingerprint density at radius 2 is 1.52 bits per heavy atom. The molecule has 0 radical (unpaired) electrons. The molecule has 1 aliphatic rings. The maximum absolute atomic E-state index is 9.92. The zero-order valence-corrected chi connectivity index (χ0v) is 17.2. The van der Waals surface area contributed by atoms with Gasteiger partial charge >= 0.3 is 0 Å². The molecule has 0 unspecified atom stereocenters. The number of allylic oxidation sites excluding steroid dienone is 2. The Morgan fingerprint density at radius 1 is 0.926 bits per heavy atom. The molecule has 5 heteroatoms. The van der Waals surface area contributed by atoms with Crippen LogP contribution in [0.5, 0.6) is 0 Å². The number of aliphatic hydroxyl groups is 3. The Labute approximate surface area is 165 Å². The zero-order chi connectivity index (χ0) is 19.7. The number of hydrogen-bond acceptors (Lipinski definition) is 5. The van der Waals surface area contributed by atoms with Crippen molar-refractivity contribution in [1.29, 1.82) is 0 Å². The van der Waals surface area contributed by atoms with Crippen molar-refractivity contribution in [2.75, 3.05) is 19.8 Å². The van der Waals surface area contributed by atoms with Crippen LogP contribution in [0.25, 0.3) is 0 Å². The summed E-state index contributed by atoms with van der Waals surface area (Å²) in [6.07, 6.45) is 16.2. The van der Waals surface area contributed by atoms with Crippen LogP contribution < -0.4 is 0 Å². The summed E-state index contributed by atoms with van der Waals surface area (Å²) in [6, 6.07) is 0. The first-order valence-electron chi connectivity index (χ1n) is 11.0. The van der Waals surface area contributed by atoms with E-state index >= 15 is 0 Å². The van der Waals surface area contributed by atoms with Gasteiger partial charge < -0.3 is 24.8 Å². The zero-order valence-electron chi connectivity index (χ0n) is 17.2. The van der Waals surface area contributed by atoms with E-state index in [1.807, 2.05) is 0 Å². The van der Waals surface area contributed by atoms with Gasteiger partial charge in [0.2, 0.25) is 0 Å². The van der Waals surface area contributed by atoms with Gasteiger partial charge in [-0.25, -0.2) is 0 Å². The summed E-state index contributed by atoms with van der Waals surface area (Å²) >= 11 is 0. The van der Waals surface area contributed by atoms with Crippen LogP contribution >= 0.6 is 0 Å². The molecular formula is C22H42O5. The van der Waals surface area contributed by atoms with Crippen molar-refractivity contribution in [2.45, 2.75) is 108 Å². The molecular weight excluding hydrogens is 344 g/mol. The monoisotopic (exact) mass is 386 g/mol. The third-order valence-electron chi connectivity index (χ3n) is 5.16. The number of unbranched alkanes of at least 4 members (excludes halogenated alkanes) is 10. The predicted molar refractivity (Wildman–Crippen MR) is 109 cm³/mol. The second kappa shape index (κ2) is 16.5. The molecule has 1 rings (SSSR count). The van der Waals surface area contributed by atoms with Crippen molar-refractivity contribution in [2.24, 2.45) is 0 Å². The van der Waals surface area contributed by atoms with Crippen LogP contribution in [0, 0.1) is 0 Å². The summed E-state index contributed by atoms with van der Waals surface area (Å²) in [5, 5.41) is 29.0. The van der Waals surface area contributed by atoms with Gasteiger partial charge in [0.05, 0.1) is 13.2 Å². The van der Waals surface area contributed by atoms with Gasteiger partial charge in [0.25, 0.3) is 0 Å². The van der Waals surface area contributed by atoms with E-state index in [0.717, 1.165) is 19.3 Å². The molecule has 1 heterocycles. The summed E-state index contributed by atoms with van der Waals surface area (Å²) in [5.41, 5.74) is 0. The molecule has 27 heavy (non-hydrogen) atoms. The van der Waals surface area contributed by atoms with Gasteiger partial charge in [-0.1, -0.05) is 64.0 Å². The van der Waals surface area contributed by atoms with E-state index in [4.69, 9.17) is 9.47 Å². The molecule has 1 fully saturated rings. The Hall–Kier alpha value is -0.460. The van der Waals surface area contributed by atoms with Crippen LogP contribution in [0.15, 0.2) is 12.2 Å². The molecule has 160 valence electrons. The summed E-state index contributed by atoms with van der Waals surface area (Å²) in [7, 11) is 0. The topological polar surface area (TPSA) is 79.2 Å². The van der Waals surface area contributed by atoms with Crippen molar-refractivity contribution < 1.29 is 24.8 Å². The predicted octanol–water partition coefficient (Wildman–Crippen LogP) is 3.74.